The first-order valence-electron chi connectivity index (χ1n) is 4.85. The van der Waals surface area contributed by atoms with Crippen molar-refractivity contribution in [3.05, 3.63) is 22.8 Å². The Labute approximate surface area is 97.1 Å². The molecule has 0 saturated carbocycles. The fourth-order valence-electron chi connectivity index (χ4n) is 1.53. The SMILES string of the molecule is Cc1nc(C2OCCO2)c(C)nc1CBr. The van der Waals surface area contributed by atoms with Crippen LogP contribution in [0, 0.1) is 13.8 Å². The minimum Gasteiger partial charge on any atom is -0.345 e. The van der Waals surface area contributed by atoms with Crippen LogP contribution in [0.2, 0.25) is 0 Å². The highest BCUT2D eigenvalue weighted by molar-refractivity contribution is 9.08. The maximum absolute atomic E-state index is 5.41. The van der Waals surface area contributed by atoms with Crippen LogP contribution in [0.3, 0.4) is 0 Å². The van der Waals surface area contributed by atoms with E-state index in [1.165, 1.54) is 0 Å². The normalized spacial score (nSPS) is 17.3. The van der Waals surface area contributed by atoms with E-state index in [2.05, 4.69) is 25.9 Å². The molecule has 1 aromatic rings. The Balaban J connectivity index is 2.35. The van der Waals surface area contributed by atoms with Crippen LogP contribution in [0.5, 0.6) is 0 Å². The van der Waals surface area contributed by atoms with Gasteiger partial charge in [-0.2, -0.15) is 0 Å². The van der Waals surface area contributed by atoms with Gasteiger partial charge in [0.25, 0.3) is 0 Å². The van der Waals surface area contributed by atoms with Crippen LogP contribution < -0.4 is 0 Å². The van der Waals surface area contributed by atoms with E-state index in [1.54, 1.807) is 0 Å². The van der Waals surface area contributed by atoms with Crippen LogP contribution >= 0.6 is 15.9 Å². The lowest BCUT2D eigenvalue weighted by Gasteiger charge is -2.13. The topological polar surface area (TPSA) is 44.2 Å². The van der Waals surface area contributed by atoms with Gasteiger partial charge in [0.1, 0.15) is 5.69 Å². The summed E-state index contributed by atoms with van der Waals surface area (Å²) < 4.78 is 10.8. The van der Waals surface area contributed by atoms with E-state index in [4.69, 9.17) is 9.47 Å². The summed E-state index contributed by atoms with van der Waals surface area (Å²) in [6.07, 6.45) is -0.333. The molecule has 1 saturated heterocycles. The summed E-state index contributed by atoms with van der Waals surface area (Å²) in [5, 5.41) is 0.722. The van der Waals surface area contributed by atoms with Crippen LogP contribution in [0.4, 0.5) is 0 Å². The molecule has 0 amide bonds. The molecular formula is C10H13BrN2O2. The third kappa shape index (κ3) is 2.19. The quantitative estimate of drug-likeness (QED) is 0.773. The molecule has 5 heteroatoms. The lowest BCUT2D eigenvalue weighted by Crippen LogP contribution is -2.09. The van der Waals surface area contributed by atoms with Crippen LogP contribution in [0.1, 0.15) is 29.1 Å². The minimum atomic E-state index is -0.333. The van der Waals surface area contributed by atoms with Crippen molar-refractivity contribution >= 4 is 15.9 Å². The van der Waals surface area contributed by atoms with Crippen LogP contribution in [0.25, 0.3) is 0 Å². The Morgan fingerprint density at radius 1 is 1.20 bits per heavy atom. The van der Waals surface area contributed by atoms with Gasteiger partial charge in [0.05, 0.1) is 30.3 Å². The Kier molecular flexibility index (Phi) is 3.33. The molecule has 0 aliphatic carbocycles. The Morgan fingerprint density at radius 2 is 1.87 bits per heavy atom. The molecule has 0 unspecified atom stereocenters. The van der Waals surface area contributed by atoms with E-state index in [-0.39, 0.29) is 6.29 Å². The molecule has 0 aromatic carbocycles. The van der Waals surface area contributed by atoms with Crippen molar-refractivity contribution in [3.63, 3.8) is 0 Å². The maximum atomic E-state index is 5.41. The van der Waals surface area contributed by atoms with Crippen molar-refractivity contribution in [2.24, 2.45) is 0 Å². The zero-order chi connectivity index (χ0) is 10.8. The van der Waals surface area contributed by atoms with Gasteiger partial charge < -0.3 is 9.47 Å². The molecule has 2 heterocycles. The molecule has 0 bridgehead atoms. The minimum absolute atomic E-state index is 0.333. The number of halogens is 1. The first-order chi connectivity index (χ1) is 7.22. The van der Waals surface area contributed by atoms with Gasteiger partial charge in [0, 0.05) is 5.33 Å². The van der Waals surface area contributed by atoms with Crippen LogP contribution in [-0.4, -0.2) is 23.2 Å². The van der Waals surface area contributed by atoms with Crippen molar-refractivity contribution in [1.29, 1.82) is 0 Å². The molecular weight excluding hydrogens is 260 g/mol. The second kappa shape index (κ2) is 4.55. The van der Waals surface area contributed by atoms with E-state index < -0.39 is 0 Å². The summed E-state index contributed by atoms with van der Waals surface area (Å²) in [4.78, 5) is 8.95. The summed E-state index contributed by atoms with van der Waals surface area (Å²) in [6.45, 7) is 5.14. The largest absolute Gasteiger partial charge is 0.345 e. The van der Waals surface area contributed by atoms with Crippen molar-refractivity contribution in [3.8, 4) is 0 Å². The zero-order valence-corrected chi connectivity index (χ0v) is 10.4. The number of hydrogen-bond acceptors (Lipinski definition) is 4. The van der Waals surface area contributed by atoms with Gasteiger partial charge >= 0.3 is 0 Å². The third-order valence-electron chi connectivity index (χ3n) is 2.35. The molecule has 2 rings (SSSR count). The molecule has 0 N–H and O–H groups in total. The number of nitrogens with zero attached hydrogens (tertiary/aromatic N) is 2. The molecule has 1 aliphatic heterocycles. The summed E-state index contributed by atoms with van der Waals surface area (Å²) in [6, 6.07) is 0. The van der Waals surface area contributed by atoms with E-state index >= 15 is 0 Å². The van der Waals surface area contributed by atoms with Crippen LogP contribution in [-0.2, 0) is 14.8 Å². The lowest BCUT2D eigenvalue weighted by molar-refractivity contribution is -0.0481. The number of aromatic nitrogens is 2. The van der Waals surface area contributed by atoms with E-state index in [0.717, 1.165) is 28.1 Å². The van der Waals surface area contributed by atoms with Crippen molar-refractivity contribution in [2.75, 3.05) is 13.2 Å². The van der Waals surface area contributed by atoms with Gasteiger partial charge in [0.2, 0.25) is 6.29 Å². The Bertz CT molecular complexity index is 365. The molecule has 1 aliphatic rings. The van der Waals surface area contributed by atoms with Gasteiger partial charge in [0.15, 0.2) is 0 Å². The van der Waals surface area contributed by atoms with Crippen molar-refractivity contribution in [2.45, 2.75) is 25.5 Å². The third-order valence-corrected chi connectivity index (χ3v) is 2.88. The highest BCUT2D eigenvalue weighted by Crippen LogP contribution is 2.24. The molecule has 0 atom stereocenters. The second-order valence-corrected chi connectivity index (χ2v) is 3.99. The highest BCUT2D eigenvalue weighted by Gasteiger charge is 2.23. The summed E-state index contributed by atoms with van der Waals surface area (Å²) in [5.74, 6) is 0. The van der Waals surface area contributed by atoms with E-state index in [1.807, 2.05) is 13.8 Å². The molecule has 82 valence electrons. The highest BCUT2D eigenvalue weighted by atomic mass is 79.9. The molecule has 1 fully saturated rings. The van der Waals surface area contributed by atoms with Gasteiger partial charge in [-0.3, -0.25) is 4.98 Å². The first kappa shape index (κ1) is 11.0. The monoisotopic (exact) mass is 272 g/mol. The number of aryl methyl sites for hydroxylation is 2. The number of hydrogen-bond donors (Lipinski definition) is 0. The fraction of sp³-hybridized carbons (Fsp3) is 0.600. The predicted octanol–water partition coefficient (Wildman–Crippen LogP) is 2.03. The second-order valence-electron chi connectivity index (χ2n) is 3.43. The van der Waals surface area contributed by atoms with E-state index in [9.17, 15) is 0 Å². The fourth-order valence-corrected chi connectivity index (χ4v) is 2.06. The predicted molar refractivity (Wildman–Crippen MR) is 58.8 cm³/mol. The molecule has 0 radical (unpaired) electrons. The number of rotatable bonds is 2. The van der Waals surface area contributed by atoms with Crippen molar-refractivity contribution < 1.29 is 9.47 Å². The molecule has 1 aromatic heterocycles. The van der Waals surface area contributed by atoms with Crippen molar-refractivity contribution in [1.82, 2.24) is 9.97 Å². The standard InChI is InChI=1S/C10H13BrN2O2/c1-6-8(5-11)12-7(2)9(13-6)10-14-3-4-15-10/h10H,3-5H2,1-2H3. The lowest BCUT2D eigenvalue weighted by atomic mass is 10.2. The maximum Gasteiger partial charge on any atom is 0.203 e. The number of alkyl halides is 1. The first-order valence-corrected chi connectivity index (χ1v) is 5.97. The molecule has 4 nitrogen and oxygen atoms in total. The zero-order valence-electron chi connectivity index (χ0n) is 8.79. The Morgan fingerprint density at radius 3 is 2.47 bits per heavy atom. The average Bonchev–Trinajstić information content (AvgIpc) is 2.74. The summed E-state index contributed by atoms with van der Waals surface area (Å²) in [5.41, 5.74) is 3.57. The number of ether oxygens (including phenoxy) is 2. The van der Waals surface area contributed by atoms with E-state index in [0.29, 0.717) is 13.2 Å². The summed E-state index contributed by atoms with van der Waals surface area (Å²) in [7, 11) is 0. The van der Waals surface area contributed by atoms with Gasteiger partial charge in [-0.15, -0.1) is 0 Å². The summed E-state index contributed by atoms with van der Waals surface area (Å²) >= 11 is 3.39. The Hall–Kier alpha value is -0.520. The van der Waals surface area contributed by atoms with Gasteiger partial charge in [-0.1, -0.05) is 15.9 Å². The average molecular weight is 273 g/mol. The van der Waals surface area contributed by atoms with Gasteiger partial charge in [-0.05, 0) is 13.8 Å². The molecule has 0 spiro atoms. The molecule has 15 heavy (non-hydrogen) atoms. The van der Waals surface area contributed by atoms with Crippen LogP contribution in [0.15, 0.2) is 0 Å². The van der Waals surface area contributed by atoms with Gasteiger partial charge in [-0.25, -0.2) is 4.98 Å². The smallest absolute Gasteiger partial charge is 0.203 e.